The molecular weight excluding hydrogens is 340 g/mol. The Morgan fingerprint density at radius 2 is 1.89 bits per heavy atom. The van der Waals surface area contributed by atoms with Gasteiger partial charge in [-0.3, -0.25) is 9.36 Å². The quantitative estimate of drug-likeness (QED) is 0.376. The Labute approximate surface area is 158 Å². The number of ether oxygens (including phenoxy) is 1. The third-order valence-corrected chi connectivity index (χ3v) is 4.32. The molecular formula is C21H24N4O2. The van der Waals surface area contributed by atoms with Crippen LogP contribution < -0.4 is 11.0 Å². The van der Waals surface area contributed by atoms with Gasteiger partial charge in [0.2, 0.25) is 5.95 Å². The number of aromatic nitrogens is 2. The molecule has 140 valence electrons. The molecule has 0 atom stereocenters. The second-order valence-electron chi connectivity index (χ2n) is 6.15. The van der Waals surface area contributed by atoms with Crippen molar-refractivity contribution in [2.75, 3.05) is 19.1 Å². The zero-order chi connectivity index (χ0) is 19.1. The fourth-order valence-electron chi connectivity index (χ4n) is 2.92. The zero-order valence-electron chi connectivity index (χ0n) is 15.7. The van der Waals surface area contributed by atoms with Gasteiger partial charge in [0, 0.05) is 20.3 Å². The molecule has 0 amide bonds. The van der Waals surface area contributed by atoms with Crippen molar-refractivity contribution < 1.29 is 4.74 Å². The van der Waals surface area contributed by atoms with Crippen LogP contribution in [0.1, 0.15) is 25.3 Å². The van der Waals surface area contributed by atoms with Gasteiger partial charge in [0.15, 0.2) is 0 Å². The molecule has 0 spiro atoms. The summed E-state index contributed by atoms with van der Waals surface area (Å²) in [6, 6.07) is 17.3. The molecule has 6 heteroatoms. The second-order valence-corrected chi connectivity index (χ2v) is 6.15. The van der Waals surface area contributed by atoms with Crippen LogP contribution in [0.15, 0.2) is 64.5 Å². The number of anilines is 1. The molecule has 0 bridgehead atoms. The molecule has 3 rings (SSSR count). The second kappa shape index (κ2) is 9.09. The van der Waals surface area contributed by atoms with Crippen molar-refractivity contribution in [3.63, 3.8) is 0 Å². The van der Waals surface area contributed by atoms with Gasteiger partial charge in [-0.1, -0.05) is 49.4 Å². The van der Waals surface area contributed by atoms with Crippen LogP contribution in [0.2, 0.25) is 0 Å². The monoisotopic (exact) mass is 364 g/mol. The first-order valence-electron chi connectivity index (χ1n) is 9.11. The van der Waals surface area contributed by atoms with E-state index in [1.165, 1.54) is 0 Å². The van der Waals surface area contributed by atoms with Crippen LogP contribution in [-0.4, -0.2) is 29.0 Å². The number of methoxy groups -OCH3 is 1. The van der Waals surface area contributed by atoms with Gasteiger partial charge in [0.05, 0.1) is 16.6 Å². The van der Waals surface area contributed by atoms with Gasteiger partial charge in [0.1, 0.15) is 0 Å². The first-order valence-corrected chi connectivity index (χ1v) is 9.11. The van der Waals surface area contributed by atoms with Crippen molar-refractivity contribution in [2.24, 2.45) is 5.10 Å². The topological polar surface area (TPSA) is 68.5 Å². The predicted octanol–water partition coefficient (Wildman–Crippen LogP) is 3.66. The standard InChI is InChI=1S/C21H24N4O2/c1-3-18(16-10-5-4-6-11-16)23-24-21-22-19-13-8-7-12-17(19)20(26)25(21)14-9-15-27-2/h4-8,10-13H,3,9,14-15H2,1-2H3,(H,22,24)/b23-18-. The predicted molar refractivity (Wildman–Crippen MR) is 109 cm³/mol. The minimum absolute atomic E-state index is 0.0767. The minimum atomic E-state index is -0.0767. The van der Waals surface area contributed by atoms with Crippen molar-refractivity contribution >= 4 is 22.6 Å². The van der Waals surface area contributed by atoms with Gasteiger partial charge >= 0.3 is 0 Å². The van der Waals surface area contributed by atoms with Crippen molar-refractivity contribution in [2.45, 2.75) is 26.3 Å². The van der Waals surface area contributed by atoms with Crippen LogP contribution >= 0.6 is 0 Å². The average Bonchev–Trinajstić information content (AvgIpc) is 2.71. The van der Waals surface area contributed by atoms with Gasteiger partial charge in [-0.15, -0.1) is 0 Å². The third kappa shape index (κ3) is 4.41. The lowest BCUT2D eigenvalue weighted by molar-refractivity contribution is 0.190. The fraction of sp³-hybridized carbons (Fsp3) is 0.286. The molecule has 2 aromatic carbocycles. The van der Waals surface area contributed by atoms with E-state index < -0.39 is 0 Å². The molecule has 1 heterocycles. The average molecular weight is 364 g/mol. The summed E-state index contributed by atoms with van der Waals surface area (Å²) in [5, 5.41) is 5.13. The molecule has 27 heavy (non-hydrogen) atoms. The molecule has 0 saturated carbocycles. The van der Waals surface area contributed by atoms with E-state index in [1.807, 2.05) is 55.5 Å². The van der Waals surface area contributed by atoms with E-state index in [2.05, 4.69) is 15.5 Å². The first kappa shape index (κ1) is 18.8. The van der Waals surface area contributed by atoms with Crippen molar-refractivity contribution in [3.05, 3.63) is 70.5 Å². The summed E-state index contributed by atoms with van der Waals surface area (Å²) in [6.45, 7) is 3.13. The Bertz CT molecular complexity index is 980. The molecule has 1 N–H and O–H groups in total. The van der Waals surface area contributed by atoms with Gasteiger partial charge in [0.25, 0.3) is 5.56 Å². The van der Waals surface area contributed by atoms with Crippen LogP contribution in [0.25, 0.3) is 10.9 Å². The molecule has 0 aliphatic rings. The summed E-state index contributed by atoms with van der Waals surface area (Å²) in [5.74, 6) is 0.441. The number of rotatable bonds is 8. The van der Waals surface area contributed by atoms with E-state index >= 15 is 0 Å². The molecule has 3 aromatic rings. The summed E-state index contributed by atoms with van der Waals surface area (Å²) < 4.78 is 6.75. The molecule has 0 aliphatic carbocycles. The first-order chi connectivity index (χ1) is 13.2. The maximum atomic E-state index is 12.9. The Morgan fingerprint density at radius 1 is 1.15 bits per heavy atom. The molecule has 0 unspecified atom stereocenters. The number of hydrazone groups is 1. The maximum absolute atomic E-state index is 12.9. The summed E-state index contributed by atoms with van der Waals surface area (Å²) >= 11 is 0. The van der Waals surface area contributed by atoms with Crippen LogP contribution in [0.3, 0.4) is 0 Å². The lowest BCUT2D eigenvalue weighted by Crippen LogP contribution is -2.25. The Balaban J connectivity index is 1.99. The van der Waals surface area contributed by atoms with E-state index in [-0.39, 0.29) is 5.56 Å². The highest BCUT2D eigenvalue weighted by molar-refractivity contribution is 6.00. The lowest BCUT2D eigenvalue weighted by Gasteiger charge is -2.13. The Kier molecular flexibility index (Phi) is 6.33. The summed E-state index contributed by atoms with van der Waals surface area (Å²) in [6.07, 6.45) is 1.48. The molecule has 0 saturated heterocycles. The highest BCUT2D eigenvalue weighted by Gasteiger charge is 2.11. The summed E-state index contributed by atoms with van der Waals surface area (Å²) in [4.78, 5) is 17.5. The van der Waals surface area contributed by atoms with Gasteiger partial charge in [-0.05, 0) is 30.5 Å². The highest BCUT2D eigenvalue weighted by atomic mass is 16.5. The summed E-state index contributed by atoms with van der Waals surface area (Å²) in [7, 11) is 1.65. The van der Waals surface area contributed by atoms with Gasteiger partial charge < -0.3 is 4.74 Å². The Hall–Kier alpha value is -2.99. The van der Waals surface area contributed by atoms with E-state index in [0.717, 1.165) is 17.7 Å². The molecule has 0 aliphatic heterocycles. The van der Waals surface area contributed by atoms with E-state index in [0.29, 0.717) is 36.4 Å². The smallest absolute Gasteiger partial charge is 0.262 e. The number of fused-ring (bicyclic) bond motifs is 1. The van der Waals surface area contributed by atoms with Crippen LogP contribution in [0, 0.1) is 0 Å². The van der Waals surface area contributed by atoms with Crippen LogP contribution in [0.5, 0.6) is 0 Å². The third-order valence-electron chi connectivity index (χ3n) is 4.32. The SMILES string of the molecule is CC/C(=N/Nc1nc2ccccc2c(=O)n1CCCOC)c1ccccc1. The number of hydrogen-bond acceptors (Lipinski definition) is 5. The van der Waals surface area contributed by atoms with Crippen LogP contribution in [-0.2, 0) is 11.3 Å². The van der Waals surface area contributed by atoms with Crippen molar-refractivity contribution in [1.29, 1.82) is 0 Å². The Morgan fingerprint density at radius 3 is 2.63 bits per heavy atom. The number of para-hydroxylation sites is 1. The molecule has 6 nitrogen and oxygen atoms in total. The maximum Gasteiger partial charge on any atom is 0.262 e. The van der Waals surface area contributed by atoms with E-state index in [4.69, 9.17) is 4.74 Å². The molecule has 0 fully saturated rings. The molecule has 1 aromatic heterocycles. The van der Waals surface area contributed by atoms with Crippen molar-refractivity contribution in [3.8, 4) is 0 Å². The van der Waals surface area contributed by atoms with E-state index in [1.54, 1.807) is 17.7 Å². The highest BCUT2D eigenvalue weighted by Crippen LogP contribution is 2.13. The molecule has 0 radical (unpaired) electrons. The minimum Gasteiger partial charge on any atom is -0.385 e. The number of benzene rings is 2. The lowest BCUT2D eigenvalue weighted by atomic mass is 10.1. The zero-order valence-corrected chi connectivity index (χ0v) is 15.7. The van der Waals surface area contributed by atoms with Crippen molar-refractivity contribution in [1.82, 2.24) is 9.55 Å². The summed E-state index contributed by atoms with van der Waals surface area (Å²) in [5.41, 5.74) is 5.55. The fourth-order valence-corrected chi connectivity index (χ4v) is 2.92. The number of hydrogen-bond donors (Lipinski definition) is 1. The number of nitrogens with one attached hydrogen (secondary N) is 1. The largest absolute Gasteiger partial charge is 0.385 e. The normalized spacial score (nSPS) is 11.7. The van der Waals surface area contributed by atoms with Gasteiger partial charge in [-0.2, -0.15) is 5.10 Å². The van der Waals surface area contributed by atoms with Crippen LogP contribution in [0.4, 0.5) is 5.95 Å². The number of nitrogens with zero attached hydrogens (tertiary/aromatic N) is 3. The van der Waals surface area contributed by atoms with Gasteiger partial charge in [-0.25, -0.2) is 10.4 Å². The van der Waals surface area contributed by atoms with E-state index in [9.17, 15) is 4.79 Å².